The van der Waals surface area contributed by atoms with E-state index in [1.807, 2.05) is 6.07 Å². The molecule has 1 aliphatic rings. The third-order valence-corrected chi connectivity index (χ3v) is 3.24. The summed E-state index contributed by atoms with van der Waals surface area (Å²) < 4.78 is 0. The molecule has 6 nitrogen and oxygen atoms in total. The van der Waals surface area contributed by atoms with Gasteiger partial charge in [0.05, 0.1) is 13.3 Å². The molecular weight excluding hydrogens is 268 g/mol. The summed E-state index contributed by atoms with van der Waals surface area (Å²) in [6.07, 6.45) is 3.88. The Balaban J connectivity index is 1.79. The van der Waals surface area contributed by atoms with Crippen molar-refractivity contribution in [3.8, 4) is 0 Å². The number of primary amides is 1. The lowest BCUT2D eigenvalue weighted by Crippen LogP contribution is -2.29. The van der Waals surface area contributed by atoms with Gasteiger partial charge in [0.25, 0.3) is 0 Å². The number of benzene rings is 1. The number of nitrogens with two attached hydrogens (primary N) is 1. The molecule has 1 aromatic rings. The highest BCUT2D eigenvalue weighted by Gasteiger charge is 2.18. The summed E-state index contributed by atoms with van der Waals surface area (Å²) >= 11 is 0. The molecule has 3 N–H and O–H groups in total. The highest BCUT2D eigenvalue weighted by Crippen LogP contribution is 2.21. The van der Waals surface area contributed by atoms with Crippen LogP contribution in [0.4, 0.5) is 4.79 Å². The fourth-order valence-electron chi connectivity index (χ4n) is 2.36. The van der Waals surface area contributed by atoms with Gasteiger partial charge < -0.3 is 15.5 Å². The van der Waals surface area contributed by atoms with E-state index in [1.54, 1.807) is 0 Å². The number of rotatable bonds is 7. The van der Waals surface area contributed by atoms with Crippen LogP contribution in [0.15, 0.2) is 42.2 Å². The minimum atomic E-state index is -0.666. The molecule has 0 aliphatic carbocycles. The van der Waals surface area contributed by atoms with Gasteiger partial charge in [-0.05, 0) is 18.4 Å². The maximum Gasteiger partial charge on any atom is 0.336 e. The summed E-state index contributed by atoms with van der Waals surface area (Å²) in [7, 11) is 2.07. The van der Waals surface area contributed by atoms with E-state index >= 15 is 0 Å². The van der Waals surface area contributed by atoms with E-state index in [1.165, 1.54) is 11.3 Å². The van der Waals surface area contributed by atoms with Crippen molar-refractivity contribution in [3.63, 3.8) is 0 Å². The van der Waals surface area contributed by atoms with Gasteiger partial charge in [-0.1, -0.05) is 30.3 Å². The third kappa shape index (κ3) is 5.00. The molecule has 0 radical (unpaired) electrons. The Morgan fingerprint density at radius 2 is 2.14 bits per heavy atom. The van der Waals surface area contributed by atoms with E-state index in [0.29, 0.717) is 6.61 Å². The Morgan fingerprint density at radius 1 is 1.38 bits per heavy atom. The first kappa shape index (κ1) is 15.2. The second-order valence-electron chi connectivity index (χ2n) is 5.12. The summed E-state index contributed by atoms with van der Waals surface area (Å²) in [6, 6.07) is 9.75. The van der Waals surface area contributed by atoms with E-state index in [0.717, 1.165) is 26.1 Å². The van der Waals surface area contributed by atoms with E-state index < -0.39 is 6.03 Å². The van der Waals surface area contributed by atoms with Crippen LogP contribution in [-0.2, 0) is 11.4 Å². The molecule has 0 saturated carbocycles. The standard InChI is InChI=1S/C15H22N4O2/c1-18-11-14(8-5-9-21-17-15(16)20)19(12-18)10-13-6-3-2-4-7-13/h2-4,6-7,11H,5,8-10,12H2,1H3,(H3,16,17,20). The molecule has 0 saturated heterocycles. The van der Waals surface area contributed by atoms with E-state index in [2.05, 4.69) is 52.8 Å². The van der Waals surface area contributed by atoms with Crippen molar-refractivity contribution >= 4 is 6.03 Å². The molecule has 0 spiro atoms. The fraction of sp³-hybridized carbons (Fsp3) is 0.400. The zero-order chi connectivity index (χ0) is 15.1. The van der Waals surface area contributed by atoms with Gasteiger partial charge in [-0.3, -0.25) is 4.84 Å². The predicted molar refractivity (Wildman–Crippen MR) is 80.6 cm³/mol. The number of hydroxylamine groups is 1. The summed E-state index contributed by atoms with van der Waals surface area (Å²) in [5, 5.41) is 0. The van der Waals surface area contributed by atoms with Crippen LogP contribution in [0.2, 0.25) is 0 Å². The maximum atomic E-state index is 10.5. The Kier molecular flexibility index (Phi) is 5.45. The Morgan fingerprint density at radius 3 is 2.86 bits per heavy atom. The zero-order valence-electron chi connectivity index (χ0n) is 12.3. The van der Waals surface area contributed by atoms with Crippen LogP contribution in [0.5, 0.6) is 0 Å². The van der Waals surface area contributed by atoms with Crippen molar-refractivity contribution < 1.29 is 9.63 Å². The quantitative estimate of drug-likeness (QED) is 0.591. The van der Waals surface area contributed by atoms with Crippen LogP contribution < -0.4 is 11.2 Å². The molecule has 0 fully saturated rings. The van der Waals surface area contributed by atoms with Crippen LogP contribution in [-0.4, -0.2) is 36.2 Å². The summed E-state index contributed by atoms with van der Waals surface area (Å²) in [6.45, 7) is 2.24. The van der Waals surface area contributed by atoms with Crippen molar-refractivity contribution in [1.82, 2.24) is 15.3 Å². The molecule has 2 amide bonds. The van der Waals surface area contributed by atoms with E-state index in [9.17, 15) is 4.79 Å². The van der Waals surface area contributed by atoms with Gasteiger partial charge in [0, 0.05) is 25.5 Å². The first-order valence-corrected chi connectivity index (χ1v) is 7.02. The summed E-state index contributed by atoms with van der Waals surface area (Å²) in [5.41, 5.74) is 9.63. The van der Waals surface area contributed by atoms with Crippen molar-refractivity contribution in [3.05, 3.63) is 47.8 Å². The molecule has 0 unspecified atom stereocenters. The number of hydrogen-bond donors (Lipinski definition) is 2. The van der Waals surface area contributed by atoms with E-state index in [-0.39, 0.29) is 0 Å². The molecule has 6 heteroatoms. The van der Waals surface area contributed by atoms with Gasteiger partial charge in [0.1, 0.15) is 0 Å². The molecule has 1 aliphatic heterocycles. The summed E-state index contributed by atoms with van der Waals surface area (Å²) in [4.78, 5) is 19.9. The Labute approximate surface area is 125 Å². The average molecular weight is 290 g/mol. The monoisotopic (exact) mass is 290 g/mol. The molecule has 0 atom stereocenters. The maximum absolute atomic E-state index is 10.5. The van der Waals surface area contributed by atoms with E-state index in [4.69, 9.17) is 10.6 Å². The Hall–Kier alpha value is -2.21. The molecule has 21 heavy (non-hydrogen) atoms. The van der Waals surface area contributed by atoms with Crippen molar-refractivity contribution in [1.29, 1.82) is 0 Å². The van der Waals surface area contributed by atoms with Crippen LogP contribution >= 0.6 is 0 Å². The van der Waals surface area contributed by atoms with Gasteiger partial charge in [0.2, 0.25) is 0 Å². The van der Waals surface area contributed by atoms with Crippen molar-refractivity contribution in [2.75, 3.05) is 20.3 Å². The lowest BCUT2D eigenvalue weighted by molar-refractivity contribution is 0.0621. The van der Waals surface area contributed by atoms with Gasteiger partial charge in [0.15, 0.2) is 0 Å². The third-order valence-electron chi connectivity index (χ3n) is 3.24. The molecule has 0 aromatic heterocycles. The fourth-order valence-corrected chi connectivity index (χ4v) is 2.36. The first-order valence-electron chi connectivity index (χ1n) is 7.02. The van der Waals surface area contributed by atoms with Crippen LogP contribution in [0, 0.1) is 0 Å². The largest absolute Gasteiger partial charge is 0.361 e. The normalized spacial score (nSPS) is 14.2. The van der Waals surface area contributed by atoms with Crippen LogP contribution in [0.3, 0.4) is 0 Å². The molecule has 2 rings (SSSR count). The van der Waals surface area contributed by atoms with Gasteiger partial charge in [-0.25, -0.2) is 10.3 Å². The minimum Gasteiger partial charge on any atom is -0.361 e. The number of carbonyl (C=O) groups is 1. The van der Waals surface area contributed by atoms with Gasteiger partial charge in [-0.15, -0.1) is 0 Å². The van der Waals surface area contributed by atoms with Crippen LogP contribution in [0.1, 0.15) is 18.4 Å². The highest BCUT2D eigenvalue weighted by molar-refractivity contribution is 5.70. The lowest BCUT2D eigenvalue weighted by Gasteiger charge is -2.23. The molecule has 0 bridgehead atoms. The molecule has 1 aromatic carbocycles. The number of hydrogen-bond acceptors (Lipinski definition) is 4. The second-order valence-corrected chi connectivity index (χ2v) is 5.12. The number of allylic oxidation sites excluding steroid dienone is 1. The molecular formula is C15H22N4O2. The average Bonchev–Trinajstić information content (AvgIpc) is 2.79. The summed E-state index contributed by atoms with van der Waals surface area (Å²) in [5.74, 6) is 0. The lowest BCUT2D eigenvalue weighted by atomic mass is 10.2. The topological polar surface area (TPSA) is 70.8 Å². The number of urea groups is 1. The number of amides is 2. The Bertz CT molecular complexity index is 490. The number of carbonyl (C=O) groups excluding carboxylic acids is 1. The smallest absolute Gasteiger partial charge is 0.336 e. The first-order chi connectivity index (χ1) is 10.1. The predicted octanol–water partition coefficient (Wildman–Crippen LogP) is 1.61. The van der Waals surface area contributed by atoms with Gasteiger partial charge in [-0.2, -0.15) is 0 Å². The molecule has 114 valence electrons. The molecule has 1 heterocycles. The highest BCUT2D eigenvalue weighted by atomic mass is 16.7. The SMILES string of the molecule is CN1C=C(CCCONC(N)=O)N(Cc2ccccc2)C1. The van der Waals surface area contributed by atoms with Gasteiger partial charge >= 0.3 is 6.03 Å². The minimum absolute atomic E-state index is 0.448. The van der Waals surface area contributed by atoms with Crippen molar-refractivity contribution in [2.24, 2.45) is 5.73 Å². The van der Waals surface area contributed by atoms with Crippen LogP contribution in [0.25, 0.3) is 0 Å². The number of nitrogens with zero attached hydrogens (tertiary/aromatic N) is 2. The van der Waals surface area contributed by atoms with Crippen molar-refractivity contribution in [2.45, 2.75) is 19.4 Å². The zero-order valence-corrected chi connectivity index (χ0v) is 12.3. The second kappa shape index (κ2) is 7.54. The number of nitrogens with one attached hydrogen (secondary N) is 1.